The van der Waals surface area contributed by atoms with E-state index in [0.717, 1.165) is 11.3 Å². The summed E-state index contributed by atoms with van der Waals surface area (Å²) < 4.78 is 10.7. The molecule has 7 heteroatoms. The zero-order chi connectivity index (χ0) is 17.5. The van der Waals surface area contributed by atoms with Gasteiger partial charge in [-0.1, -0.05) is 12.1 Å². The van der Waals surface area contributed by atoms with Gasteiger partial charge in [0.25, 0.3) is 0 Å². The van der Waals surface area contributed by atoms with E-state index in [1.165, 1.54) is 0 Å². The van der Waals surface area contributed by atoms with Crippen LogP contribution in [0.3, 0.4) is 0 Å². The highest BCUT2D eigenvalue weighted by atomic mass is 32.1. The van der Waals surface area contributed by atoms with Crippen LogP contribution in [-0.4, -0.2) is 42.1 Å². The molecule has 0 spiro atoms. The molecule has 1 unspecified atom stereocenters. The lowest BCUT2D eigenvalue weighted by Gasteiger charge is -2.28. The number of ether oxygens (including phenoxy) is 2. The van der Waals surface area contributed by atoms with E-state index in [2.05, 4.69) is 10.6 Å². The third-order valence-electron chi connectivity index (χ3n) is 3.62. The van der Waals surface area contributed by atoms with Gasteiger partial charge in [0.1, 0.15) is 5.75 Å². The standard InChI is InChI=1S/C17H22N2O4S/c1-3-22-13-6-4-12(5-7-13)8-9-23-16(21)15-11(2)18-17(24)19-14(15)10-20/h4-7,14,20H,3,8-10H2,1-2H3,(H2,18,19,24). The number of esters is 1. The molecular formula is C17H22N2O4S. The smallest absolute Gasteiger partial charge is 0.337 e. The average Bonchev–Trinajstić information content (AvgIpc) is 2.55. The molecule has 1 atom stereocenters. The number of allylic oxidation sites excluding steroid dienone is 1. The number of hydrogen-bond donors (Lipinski definition) is 3. The van der Waals surface area contributed by atoms with Crippen molar-refractivity contribution in [1.82, 2.24) is 10.6 Å². The quantitative estimate of drug-likeness (QED) is 0.505. The van der Waals surface area contributed by atoms with Crippen molar-refractivity contribution < 1.29 is 19.4 Å². The second-order valence-electron chi connectivity index (χ2n) is 5.34. The van der Waals surface area contributed by atoms with Crippen molar-refractivity contribution in [1.29, 1.82) is 0 Å². The SMILES string of the molecule is CCOc1ccc(CCOC(=O)C2=C(C)NC(=S)NC2CO)cc1. The van der Waals surface area contributed by atoms with Gasteiger partial charge in [-0.05, 0) is 43.8 Å². The molecule has 24 heavy (non-hydrogen) atoms. The van der Waals surface area contributed by atoms with E-state index in [0.29, 0.717) is 29.4 Å². The van der Waals surface area contributed by atoms with Crippen LogP contribution in [-0.2, 0) is 16.0 Å². The van der Waals surface area contributed by atoms with Gasteiger partial charge in [0.15, 0.2) is 5.11 Å². The maximum absolute atomic E-state index is 12.3. The monoisotopic (exact) mass is 350 g/mol. The Hall–Kier alpha value is -2.12. The fraction of sp³-hybridized carbons (Fsp3) is 0.412. The summed E-state index contributed by atoms with van der Waals surface area (Å²) in [6, 6.07) is 7.14. The van der Waals surface area contributed by atoms with Crippen LogP contribution in [0.4, 0.5) is 0 Å². The van der Waals surface area contributed by atoms with E-state index >= 15 is 0 Å². The van der Waals surface area contributed by atoms with Crippen molar-refractivity contribution in [3.05, 3.63) is 41.1 Å². The van der Waals surface area contributed by atoms with Crippen LogP contribution in [0.15, 0.2) is 35.5 Å². The maximum atomic E-state index is 12.3. The summed E-state index contributed by atoms with van der Waals surface area (Å²) in [5, 5.41) is 15.5. The topological polar surface area (TPSA) is 79.8 Å². The Morgan fingerprint density at radius 2 is 2.04 bits per heavy atom. The first-order valence-corrected chi connectivity index (χ1v) is 8.24. The van der Waals surface area contributed by atoms with E-state index in [9.17, 15) is 9.90 Å². The number of carbonyl (C=O) groups excluding carboxylic acids is 1. The van der Waals surface area contributed by atoms with E-state index in [1.807, 2.05) is 31.2 Å². The van der Waals surface area contributed by atoms with Gasteiger partial charge >= 0.3 is 5.97 Å². The Balaban J connectivity index is 1.90. The average molecular weight is 350 g/mol. The zero-order valence-corrected chi connectivity index (χ0v) is 14.6. The summed E-state index contributed by atoms with van der Waals surface area (Å²) in [4.78, 5) is 12.3. The fourth-order valence-corrected chi connectivity index (χ4v) is 2.75. The molecular weight excluding hydrogens is 328 g/mol. The first-order valence-electron chi connectivity index (χ1n) is 7.83. The normalized spacial score (nSPS) is 17.1. The minimum absolute atomic E-state index is 0.234. The van der Waals surface area contributed by atoms with Gasteiger partial charge in [-0.15, -0.1) is 0 Å². The van der Waals surface area contributed by atoms with Crippen molar-refractivity contribution in [2.75, 3.05) is 19.8 Å². The molecule has 0 aromatic heterocycles. The molecule has 0 fully saturated rings. The van der Waals surface area contributed by atoms with Crippen molar-refractivity contribution >= 4 is 23.3 Å². The van der Waals surface area contributed by atoms with E-state index < -0.39 is 12.0 Å². The van der Waals surface area contributed by atoms with E-state index in [1.54, 1.807) is 6.92 Å². The van der Waals surface area contributed by atoms with Gasteiger partial charge in [-0.2, -0.15) is 0 Å². The summed E-state index contributed by atoms with van der Waals surface area (Å²) in [7, 11) is 0. The van der Waals surface area contributed by atoms with Crippen LogP contribution in [0.5, 0.6) is 5.75 Å². The van der Waals surface area contributed by atoms with Crippen molar-refractivity contribution in [2.45, 2.75) is 26.3 Å². The second kappa shape index (κ2) is 8.65. The highest BCUT2D eigenvalue weighted by molar-refractivity contribution is 7.80. The molecule has 0 saturated heterocycles. The largest absolute Gasteiger partial charge is 0.494 e. The molecule has 0 saturated carbocycles. The highest BCUT2D eigenvalue weighted by Crippen LogP contribution is 2.15. The number of carbonyl (C=O) groups is 1. The van der Waals surface area contributed by atoms with Crippen molar-refractivity contribution in [3.63, 3.8) is 0 Å². The molecule has 1 heterocycles. The Morgan fingerprint density at radius 3 is 2.67 bits per heavy atom. The lowest BCUT2D eigenvalue weighted by Crippen LogP contribution is -2.51. The zero-order valence-electron chi connectivity index (χ0n) is 13.8. The number of thiocarbonyl (C=S) groups is 1. The molecule has 2 rings (SSSR count). The van der Waals surface area contributed by atoms with Gasteiger partial charge in [0.2, 0.25) is 0 Å². The number of aliphatic hydroxyl groups excluding tert-OH is 1. The predicted octanol–water partition coefficient (Wildman–Crippen LogP) is 1.28. The molecule has 1 aromatic rings. The van der Waals surface area contributed by atoms with Gasteiger partial charge in [-0.25, -0.2) is 4.79 Å². The number of nitrogens with one attached hydrogen (secondary N) is 2. The maximum Gasteiger partial charge on any atom is 0.337 e. The Bertz CT molecular complexity index is 628. The van der Waals surface area contributed by atoms with E-state index in [-0.39, 0.29) is 13.2 Å². The van der Waals surface area contributed by atoms with Crippen LogP contribution in [0.2, 0.25) is 0 Å². The summed E-state index contributed by atoms with van der Waals surface area (Å²) in [5.74, 6) is 0.361. The molecule has 1 aliphatic rings. The molecule has 3 N–H and O–H groups in total. The summed E-state index contributed by atoms with van der Waals surface area (Å²) in [5.41, 5.74) is 2.03. The fourth-order valence-electron chi connectivity index (χ4n) is 2.46. The first-order chi connectivity index (χ1) is 11.5. The molecule has 0 radical (unpaired) electrons. The minimum Gasteiger partial charge on any atom is -0.494 e. The van der Waals surface area contributed by atoms with Gasteiger partial charge in [0, 0.05) is 12.1 Å². The van der Waals surface area contributed by atoms with E-state index in [4.69, 9.17) is 21.7 Å². The van der Waals surface area contributed by atoms with Crippen molar-refractivity contribution in [2.24, 2.45) is 0 Å². The molecule has 0 aliphatic carbocycles. The van der Waals surface area contributed by atoms with Crippen LogP contribution < -0.4 is 15.4 Å². The minimum atomic E-state index is -0.545. The van der Waals surface area contributed by atoms with Crippen LogP contribution >= 0.6 is 12.2 Å². The number of hydrogen-bond acceptors (Lipinski definition) is 5. The molecule has 1 aliphatic heterocycles. The Labute approximate surface area is 146 Å². The van der Waals surface area contributed by atoms with Crippen LogP contribution in [0.25, 0.3) is 0 Å². The summed E-state index contributed by atoms with van der Waals surface area (Å²) in [6.07, 6.45) is 0.605. The van der Waals surface area contributed by atoms with Gasteiger partial charge in [0.05, 0.1) is 31.4 Å². The van der Waals surface area contributed by atoms with Crippen LogP contribution in [0, 0.1) is 0 Å². The Morgan fingerprint density at radius 1 is 1.33 bits per heavy atom. The molecule has 1 aromatic carbocycles. The number of benzene rings is 1. The molecule has 130 valence electrons. The van der Waals surface area contributed by atoms with Crippen LogP contribution in [0.1, 0.15) is 19.4 Å². The molecule has 0 amide bonds. The molecule has 6 nitrogen and oxygen atoms in total. The third kappa shape index (κ3) is 4.69. The Kier molecular flexibility index (Phi) is 6.57. The van der Waals surface area contributed by atoms with Gasteiger partial charge in [-0.3, -0.25) is 0 Å². The van der Waals surface area contributed by atoms with Gasteiger partial charge < -0.3 is 25.2 Å². The third-order valence-corrected chi connectivity index (χ3v) is 3.84. The predicted molar refractivity (Wildman–Crippen MR) is 94.7 cm³/mol. The first kappa shape index (κ1) is 18.2. The van der Waals surface area contributed by atoms with Crippen molar-refractivity contribution in [3.8, 4) is 5.75 Å². The second-order valence-corrected chi connectivity index (χ2v) is 5.74. The number of aliphatic hydroxyl groups is 1. The highest BCUT2D eigenvalue weighted by Gasteiger charge is 2.28. The molecule has 0 bridgehead atoms. The lowest BCUT2D eigenvalue weighted by atomic mass is 10.0. The number of rotatable bonds is 7. The summed E-state index contributed by atoms with van der Waals surface area (Å²) in [6.45, 7) is 4.32. The lowest BCUT2D eigenvalue weighted by molar-refractivity contribution is -0.139. The summed E-state index contributed by atoms with van der Waals surface area (Å²) >= 11 is 5.02.